The first-order valence-corrected chi connectivity index (χ1v) is 16.6. The summed E-state index contributed by atoms with van der Waals surface area (Å²) in [5, 5.41) is 6.50. The van der Waals surface area contributed by atoms with Gasteiger partial charge < -0.3 is 34.4 Å². The van der Waals surface area contributed by atoms with Gasteiger partial charge in [-0.2, -0.15) is 5.06 Å². The number of rotatable bonds is 19. The third kappa shape index (κ3) is 10.7. The predicted octanol–water partition coefficient (Wildman–Crippen LogP) is 4.21. The molecule has 3 amide bonds. The molecule has 2 aromatic carbocycles. The maximum Gasteiger partial charge on any atom is 0.336 e. The molecule has 0 aliphatic rings. The summed E-state index contributed by atoms with van der Waals surface area (Å²) in [6.07, 6.45) is 3.71. The van der Waals surface area contributed by atoms with Crippen molar-refractivity contribution >= 4 is 37.9 Å². The molecule has 0 saturated carbocycles. The average Bonchev–Trinajstić information content (AvgIpc) is 3.55. The lowest BCUT2D eigenvalue weighted by Gasteiger charge is -2.31. The Hall–Kier alpha value is -4.25. The summed E-state index contributed by atoms with van der Waals surface area (Å²) in [5.41, 5.74) is 1.23. The van der Waals surface area contributed by atoms with Crippen molar-refractivity contribution in [2.45, 2.75) is 65.3 Å². The number of amides is 3. The normalized spacial score (nSPS) is 12.2. The Kier molecular flexibility index (Phi) is 14.7. The van der Waals surface area contributed by atoms with Crippen LogP contribution in [-0.2, 0) is 25.6 Å². The minimum absolute atomic E-state index is 0.0220. The summed E-state index contributed by atoms with van der Waals surface area (Å²) in [5.74, 6) is -1.60. The second-order valence-electron chi connectivity index (χ2n) is 10.5. The molecule has 0 aliphatic carbocycles. The summed E-state index contributed by atoms with van der Waals surface area (Å²) < 4.78 is 11.2. The van der Waals surface area contributed by atoms with Gasteiger partial charge in [0.05, 0.1) is 31.7 Å². The fraction of sp³-hybridized carbons (Fsp3) is 0.394. The molecule has 0 spiro atoms. The van der Waals surface area contributed by atoms with E-state index in [0.29, 0.717) is 42.9 Å². The van der Waals surface area contributed by atoms with Crippen LogP contribution >= 0.6 is 8.38 Å². The van der Waals surface area contributed by atoms with E-state index in [2.05, 4.69) is 10.6 Å². The highest BCUT2D eigenvalue weighted by molar-refractivity contribution is 7.54. The van der Waals surface area contributed by atoms with E-state index in [9.17, 15) is 29.0 Å². The third-order valence-electron chi connectivity index (χ3n) is 7.23. The number of carbonyl (C=O) groups is 4. The Labute approximate surface area is 269 Å². The zero-order valence-electron chi connectivity index (χ0n) is 26.3. The third-order valence-corrected chi connectivity index (χ3v) is 7.95. The smallest absolute Gasteiger partial charge is 0.336 e. The molecule has 3 rings (SSSR count). The largest absolute Gasteiger partial charge is 0.494 e. The van der Waals surface area contributed by atoms with E-state index in [4.69, 9.17) is 14.0 Å². The first kappa shape index (κ1) is 36.2. The fourth-order valence-electron chi connectivity index (χ4n) is 4.97. The highest BCUT2D eigenvalue weighted by atomic mass is 31.2. The van der Waals surface area contributed by atoms with Gasteiger partial charge >= 0.3 is 5.97 Å². The van der Waals surface area contributed by atoms with E-state index in [1.165, 1.54) is 12.1 Å². The number of hydroxylamine groups is 2. The lowest BCUT2D eigenvalue weighted by atomic mass is 9.90. The quantitative estimate of drug-likeness (QED) is 0.0486. The number of benzene rings is 2. The van der Waals surface area contributed by atoms with Gasteiger partial charge in [-0.05, 0) is 55.7 Å². The van der Waals surface area contributed by atoms with Gasteiger partial charge in [0.1, 0.15) is 11.5 Å². The molecule has 0 saturated heterocycles. The van der Waals surface area contributed by atoms with Crippen molar-refractivity contribution in [3.63, 3.8) is 0 Å². The van der Waals surface area contributed by atoms with Gasteiger partial charge in [0, 0.05) is 10.9 Å². The van der Waals surface area contributed by atoms with Crippen LogP contribution in [0.15, 0.2) is 65.1 Å². The van der Waals surface area contributed by atoms with Crippen LogP contribution < -0.4 is 20.7 Å². The molecule has 0 aliphatic heterocycles. The van der Waals surface area contributed by atoms with E-state index >= 15 is 0 Å². The number of unbranched alkanes of at least 4 members (excludes halogenated alkanes) is 2. The van der Waals surface area contributed by atoms with Gasteiger partial charge in [0.2, 0.25) is 12.3 Å². The standard InChI is InChI=1S/C33H42N3O9P/c1-4-7-9-14-27(28(5-2)36(22-37)45-31(38)17-23-12-10-8-11-13-23)32(39)34-21-35-33(40)30-16-15-29(44-30)24-18-25(43-6-3)20-26(19-24)46(41)42/h8,10-13,15-16,18-20,22,27-28,41-42H,4-7,9,14,17,21H2,1-3H3,(H,34,39)(H,35,40). The van der Waals surface area contributed by atoms with Crippen LogP contribution in [0.25, 0.3) is 11.3 Å². The summed E-state index contributed by atoms with van der Waals surface area (Å²) in [7, 11) is -2.37. The van der Waals surface area contributed by atoms with Crippen molar-refractivity contribution in [1.29, 1.82) is 0 Å². The van der Waals surface area contributed by atoms with Gasteiger partial charge in [-0.3, -0.25) is 14.4 Å². The highest BCUT2D eigenvalue weighted by Crippen LogP contribution is 2.31. The Morgan fingerprint density at radius 2 is 1.76 bits per heavy atom. The second-order valence-corrected chi connectivity index (χ2v) is 11.6. The second kappa shape index (κ2) is 18.7. The van der Waals surface area contributed by atoms with Crippen molar-refractivity contribution in [2.24, 2.45) is 5.92 Å². The number of hydrogen-bond donors (Lipinski definition) is 4. The molecule has 4 N–H and O–H groups in total. The van der Waals surface area contributed by atoms with Crippen LogP contribution in [-0.4, -0.2) is 58.4 Å². The zero-order chi connectivity index (χ0) is 33.5. The van der Waals surface area contributed by atoms with Crippen molar-refractivity contribution in [3.8, 4) is 17.1 Å². The topological polar surface area (TPSA) is 168 Å². The van der Waals surface area contributed by atoms with Crippen molar-refractivity contribution in [2.75, 3.05) is 13.3 Å². The summed E-state index contributed by atoms with van der Waals surface area (Å²) in [6, 6.07) is 16.0. The molecule has 2 unspecified atom stereocenters. The minimum atomic E-state index is -2.37. The lowest BCUT2D eigenvalue weighted by molar-refractivity contribution is -0.203. The number of ether oxygens (including phenoxy) is 1. The van der Waals surface area contributed by atoms with E-state index in [0.717, 1.165) is 29.9 Å². The van der Waals surface area contributed by atoms with E-state index in [1.807, 2.05) is 13.0 Å². The summed E-state index contributed by atoms with van der Waals surface area (Å²) >= 11 is 0. The van der Waals surface area contributed by atoms with Gasteiger partial charge in [0.25, 0.3) is 5.91 Å². The van der Waals surface area contributed by atoms with E-state index in [1.54, 1.807) is 56.3 Å². The molecule has 0 fully saturated rings. The molecule has 46 heavy (non-hydrogen) atoms. The number of furan rings is 1. The molecule has 2 atom stereocenters. The molecule has 0 bridgehead atoms. The van der Waals surface area contributed by atoms with Crippen molar-refractivity contribution in [3.05, 3.63) is 72.0 Å². The van der Waals surface area contributed by atoms with Crippen LogP contribution in [0, 0.1) is 5.92 Å². The van der Waals surface area contributed by atoms with Gasteiger partial charge in [-0.1, -0.05) is 63.4 Å². The van der Waals surface area contributed by atoms with Crippen LogP contribution in [0.4, 0.5) is 0 Å². The van der Waals surface area contributed by atoms with Crippen molar-refractivity contribution < 1.29 is 43.0 Å². The fourth-order valence-corrected chi connectivity index (χ4v) is 5.47. The SMILES string of the molecule is CCCCCC(C(=O)NCNC(=O)c1ccc(-c2cc(OCC)cc(P(O)O)c2)o1)C(CC)N(C=O)OC(=O)Cc1ccccc1. The van der Waals surface area contributed by atoms with Crippen LogP contribution in [0.5, 0.6) is 5.75 Å². The monoisotopic (exact) mass is 655 g/mol. The highest BCUT2D eigenvalue weighted by Gasteiger charge is 2.33. The number of nitrogens with zero attached hydrogens (tertiary/aromatic N) is 1. The summed E-state index contributed by atoms with van der Waals surface area (Å²) in [6.45, 7) is 5.80. The molecule has 248 valence electrons. The van der Waals surface area contributed by atoms with Crippen LogP contribution in [0.3, 0.4) is 0 Å². The Morgan fingerprint density at radius 1 is 1.00 bits per heavy atom. The number of nitrogens with one attached hydrogen (secondary N) is 2. The maximum absolute atomic E-state index is 13.4. The molecule has 1 heterocycles. The van der Waals surface area contributed by atoms with Crippen molar-refractivity contribution in [1.82, 2.24) is 15.7 Å². The zero-order valence-corrected chi connectivity index (χ0v) is 27.2. The molecule has 0 radical (unpaired) electrons. The Balaban J connectivity index is 1.65. The summed E-state index contributed by atoms with van der Waals surface area (Å²) in [4.78, 5) is 75.7. The molecular formula is C33H42N3O9P. The Morgan fingerprint density at radius 3 is 2.41 bits per heavy atom. The lowest BCUT2D eigenvalue weighted by Crippen LogP contribution is -2.49. The van der Waals surface area contributed by atoms with Gasteiger partial charge in [-0.15, -0.1) is 0 Å². The van der Waals surface area contributed by atoms with E-state index in [-0.39, 0.29) is 24.2 Å². The van der Waals surface area contributed by atoms with Crippen LogP contribution in [0.2, 0.25) is 0 Å². The minimum Gasteiger partial charge on any atom is -0.494 e. The Bertz CT molecular complexity index is 1430. The molecule has 1 aromatic heterocycles. The molecule has 13 heteroatoms. The number of hydrogen-bond acceptors (Lipinski definition) is 9. The molecule has 3 aromatic rings. The number of carbonyl (C=O) groups excluding carboxylic acids is 4. The van der Waals surface area contributed by atoms with E-state index < -0.39 is 38.1 Å². The van der Waals surface area contributed by atoms with Gasteiger partial charge in [0.15, 0.2) is 14.1 Å². The van der Waals surface area contributed by atoms with Gasteiger partial charge in [-0.25, -0.2) is 4.79 Å². The average molecular weight is 656 g/mol. The predicted molar refractivity (Wildman–Crippen MR) is 173 cm³/mol. The molecule has 12 nitrogen and oxygen atoms in total. The first-order valence-electron chi connectivity index (χ1n) is 15.3. The molecular weight excluding hydrogens is 613 g/mol. The first-order chi connectivity index (χ1) is 22.2. The maximum atomic E-state index is 13.4. The van der Waals surface area contributed by atoms with Crippen LogP contribution in [0.1, 0.15) is 69.0 Å².